The summed E-state index contributed by atoms with van der Waals surface area (Å²) < 4.78 is 55.2. The Kier molecular flexibility index (Phi) is 15.0. The minimum absolute atomic E-state index is 0.434. The molecule has 0 amide bonds. The second-order valence-electron chi connectivity index (χ2n) is 10.1. The molecule has 256 valence electrons. The van der Waals surface area contributed by atoms with E-state index in [0.29, 0.717) is 6.42 Å². The van der Waals surface area contributed by atoms with Gasteiger partial charge >= 0.3 is 36.0 Å². The normalized spacial score (nSPS) is 29.4. The maximum Gasteiger partial charge on any atom is 0.523 e. The van der Waals surface area contributed by atoms with Crippen LogP contribution in [-0.2, 0) is 71.3 Å². The van der Waals surface area contributed by atoms with Crippen LogP contribution in [0.25, 0.3) is 0 Å². The Labute approximate surface area is 271 Å². The van der Waals surface area contributed by atoms with Crippen molar-refractivity contribution in [2.75, 3.05) is 6.61 Å². The van der Waals surface area contributed by atoms with Crippen molar-refractivity contribution in [3.8, 4) is 36.2 Å². The molecular weight excluding hydrogens is 628 g/mol. The molecule has 10 atom stereocenters. The van der Waals surface area contributed by atoms with Gasteiger partial charge in [-0.2, -0.15) is 0 Å². The van der Waals surface area contributed by atoms with Crippen LogP contribution in [-0.4, -0.2) is 97.9 Å². The SMILES string of the molecule is C#CC#CC#COC(=O)O[C@H]1[C@H](OC(C)=O)[C@@H](O[C@@H]2[C@@H](OC(C)=O)O[C@@H](CC)[C@@H](C)[C@@H]2OC(C)=O)O[C@H](COC(C)=O)[C@H]1OC(C)=O. The van der Waals surface area contributed by atoms with E-state index in [2.05, 4.69) is 17.8 Å². The fourth-order valence-corrected chi connectivity index (χ4v) is 4.83. The van der Waals surface area contributed by atoms with E-state index in [1.807, 2.05) is 12.0 Å². The fourth-order valence-electron chi connectivity index (χ4n) is 4.83. The first kappa shape index (κ1) is 38.4. The highest BCUT2D eigenvalue weighted by molar-refractivity contribution is 5.68. The van der Waals surface area contributed by atoms with E-state index >= 15 is 0 Å². The molecule has 2 fully saturated rings. The molecule has 2 aliphatic rings. The maximum atomic E-state index is 12.7. The summed E-state index contributed by atoms with van der Waals surface area (Å²) in [5, 5.41) is 0. The zero-order valence-electron chi connectivity index (χ0n) is 26.8. The minimum Gasteiger partial charge on any atom is -0.463 e. The molecule has 0 aromatic heterocycles. The van der Waals surface area contributed by atoms with Crippen molar-refractivity contribution < 1.29 is 76.1 Å². The Morgan fingerprint density at radius 2 is 1.21 bits per heavy atom. The highest BCUT2D eigenvalue weighted by Crippen LogP contribution is 2.37. The summed E-state index contributed by atoms with van der Waals surface area (Å²) in [6.45, 7) is 8.39. The van der Waals surface area contributed by atoms with E-state index in [0.717, 1.165) is 34.6 Å². The van der Waals surface area contributed by atoms with Crippen molar-refractivity contribution in [1.82, 2.24) is 0 Å². The van der Waals surface area contributed by atoms with Gasteiger partial charge in [0.15, 0.2) is 30.7 Å². The van der Waals surface area contributed by atoms with Crippen LogP contribution in [0.15, 0.2) is 0 Å². The maximum absolute atomic E-state index is 12.7. The largest absolute Gasteiger partial charge is 0.523 e. The molecule has 2 aliphatic heterocycles. The smallest absolute Gasteiger partial charge is 0.463 e. The average molecular weight is 665 g/mol. The van der Waals surface area contributed by atoms with E-state index < -0.39 is 104 Å². The van der Waals surface area contributed by atoms with Gasteiger partial charge in [-0.3, -0.25) is 24.0 Å². The second-order valence-corrected chi connectivity index (χ2v) is 10.1. The van der Waals surface area contributed by atoms with Gasteiger partial charge in [0.2, 0.25) is 6.29 Å². The lowest BCUT2D eigenvalue weighted by molar-refractivity contribution is -0.357. The molecule has 0 bridgehead atoms. The summed E-state index contributed by atoms with van der Waals surface area (Å²) in [6, 6.07) is 0. The molecule has 47 heavy (non-hydrogen) atoms. The quantitative estimate of drug-likeness (QED) is 0.181. The zero-order chi connectivity index (χ0) is 35.3. The lowest BCUT2D eigenvalue weighted by Gasteiger charge is -2.48. The van der Waals surface area contributed by atoms with Gasteiger partial charge in [0.1, 0.15) is 24.9 Å². The first-order chi connectivity index (χ1) is 22.2. The van der Waals surface area contributed by atoms with Crippen LogP contribution in [0.4, 0.5) is 4.79 Å². The molecule has 2 heterocycles. The molecular formula is C31H36O16. The summed E-state index contributed by atoms with van der Waals surface area (Å²) in [6.07, 6.45) is -6.87. The van der Waals surface area contributed by atoms with E-state index in [-0.39, 0.29) is 0 Å². The van der Waals surface area contributed by atoms with Gasteiger partial charge in [-0.15, -0.1) is 6.42 Å². The van der Waals surface area contributed by atoms with E-state index in [1.54, 1.807) is 13.8 Å². The van der Waals surface area contributed by atoms with Gasteiger partial charge in [0.05, 0.1) is 6.10 Å². The Bertz CT molecular complexity index is 1340. The predicted octanol–water partition coefficient (Wildman–Crippen LogP) is 0.908. The van der Waals surface area contributed by atoms with Crippen LogP contribution in [0.2, 0.25) is 0 Å². The van der Waals surface area contributed by atoms with Crippen LogP contribution in [0.5, 0.6) is 0 Å². The van der Waals surface area contributed by atoms with Gasteiger partial charge in [0.25, 0.3) is 0 Å². The van der Waals surface area contributed by atoms with Crippen LogP contribution in [0.3, 0.4) is 0 Å². The Hall–Kier alpha value is -4.82. The Morgan fingerprint density at radius 1 is 0.638 bits per heavy atom. The highest BCUT2D eigenvalue weighted by Gasteiger charge is 2.56. The molecule has 0 saturated carbocycles. The molecule has 2 saturated heterocycles. The monoisotopic (exact) mass is 664 g/mol. The van der Waals surface area contributed by atoms with Gasteiger partial charge in [-0.05, 0) is 18.3 Å². The predicted molar refractivity (Wildman–Crippen MR) is 152 cm³/mol. The first-order valence-corrected chi connectivity index (χ1v) is 14.3. The van der Waals surface area contributed by atoms with Gasteiger partial charge in [-0.1, -0.05) is 13.8 Å². The molecule has 16 nitrogen and oxygen atoms in total. The number of terminal acetylenes is 1. The number of ether oxygens (including phenoxy) is 10. The van der Waals surface area contributed by atoms with Crippen molar-refractivity contribution in [2.24, 2.45) is 5.92 Å². The third-order valence-electron chi connectivity index (χ3n) is 6.54. The van der Waals surface area contributed by atoms with Crippen LogP contribution in [0, 0.1) is 42.1 Å². The summed E-state index contributed by atoms with van der Waals surface area (Å²) in [5.74, 6) is 3.99. The highest BCUT2D eigenvalue weighted by atomic mass is 16.8. The van der Waals surface area contributed by atoms with Crippen molar-refractivity contribution in [3.05, 3.63) is 0 Å². The molecule has 0 spiro atoms. The van der Waals surface area contributed by atoms with Crippen LogP contribution >= 0.6 is 0 Å². The summed E-state index contributed by atoms with van der Waals surface area (Å²) >= 11 is 0. The van der Waals surface area contributed by atoms with Crippen molar-refractivity contribution in [3.63, 3.8) is 0 Å². The number of carbonyl (C=O) groups is 6. The van der Waals surface area contributed by atoms with E-state index in [4.69, 9.17) is 53.8 Å². The van der Waals surface area contributed by atoms with Crippen LogP contribution in [0.1, 0.15) is 54.9 Å². The van der Waals surface area contributed by atoms with Crippen molar-refractivity contribution >= 4 is 36.0 Å². The Morgan fingerprint density at radius 3 is 1.77 bits per heavy atom. The molecule has 0 unspecified atom stereocenters. The Balaban J connectivity index is 2.65. The summed E-state index contributed by atoms with van der Waals surface area (Å²) in [7, 11) is 0. The molecule has 0 aromatic carbocycles. The number of hydrogen-bond acceptors (Lipinski definition) is 16. The molecule has 2 rings (SSSR count). The third kappa shape index (κ3) is 11.8. The minimum atomic E-state index is -1.76. The molecule has 0 radical (unpaired) electrons. The third-order valence-corrected chi connectivity index (χ3v) is 6.54. The summed E-state index contributed by atoms with van der Waals surface area (Å²) in [5.41, 5.74) is 0. The second kappa shape index (κ2) is 18.4. The van der Waals surface area contributed by atoms with Crippen molar-refractivity contribution in [1.29, 1.82) is 0 Å². The molecule has 16 heteroatoms. The molecule has 0 aromatic rings. The van der Waals surface area contributed by atoms with E-state index in [9.17, 15) is 28.8 Å². The lowest BCUT2D eigenvalue weighted by Crippen LogP contribution is -2.65. The molecule has 0 aliphatic carbocycles. The summed E-state index contributed by atoms with van der Waals surface area (Å²) in [4.78, 5) is 73.2. The standard InChI is InChI=1S/C31H36O16/c1-9-11-12-13-14-38-31(37)47-26-25(41-19(6)34)23(15-39-17(4)32)45-30(28(26)42-20(7)35)46-27-24(40-18(5)33)16(3)22(10-2)44-29(27)43-21(8)36/h1,16,22-30H,10,15H2,2-8H3/t16-,22+,23-,24+,25-,26-,27+,28+,29+,30-/m1/s1. The topological polar surface area (TPSA) is 195 Å². The number of rotatable bonds is 10. The first-order valence-electron chi connectivity index (χ1n) is 14.3. The number of carbonyl (C=O) groups excluding carboxylic acids is 6. The lowest BCUT2D eigenvalue weighted by atomic mass is 9.88. The van der Waals surface area contributed by atoms with Crippen molar-refractivity contribution in [2.45, 2.75) is 110 Å². The van der Waals surface area contributed by atoms with Gasteiger partial charge in [0, 0.05) is 52.4 Å². The van der Waals surface area contributed by atoms with Gasteiger partial charge in [-0.25, -0.2) is 4.79 Å². The fraction of sp³-hybridized carbons (Fsp3) is 0.613. The number of esters is 5. The van der Waals surface area contributed by atoms with Gasteiger partial charge < -0.3 is 47.4 Å². The van der Waals surface area contributed by atoms with E-state index in [1.165, 1.54) is 0 Å². The molecule has 0 N–H and O–H groups in total. The van der Waals surface area contributed by atoms with Crippen LogP contribution < -0.4 is 0 Å². The average Bonchev–Trinajstić information content (AvgIpc) is 2.97. The zero-order valence-corrected chi connectivity index (χ0v) is 26.8. The number of hydrogen-bond donors (Lipinski definition) is 0.